The van der Waals surface area contributed by atoms with Gasteiger partial charge >= 0.3 is 0 Å². The van der Waals surface area contributed by atoms with Gasteiger partial charge in [0.2, 0.25) is 0 Å². The monoisotopic (exact) mass is 268 g/mol. The van der Waals surface area contributed by atoms with Crippen molar-refractivity contribution in [2.75, 3.05) is 0 Å². The first-order chi connectivity index (χ1) is 9.69. The summed E-state index contributed by atoms with van der Waals surface area (Å²) in [6.07, 6.45) is 0. The summed E-state index contributed by atoms with van der Waals surface area (Å²) in [6.45, 7) is 3.05. The molecule has 0 spiro atoms. The van der Waals surface area contributed by atoms with Crippen molar-refractivity contribution in [1.82, 2.24) is 4.57 Å². The van der Waals surface area contributed by atoms with E-state index in [1.54, 1.807) is 0 Å². The van der Waals surface area contributed by atoms with Crippen LogP contribution in [-0.4, -0.2) is 4.57 Å². The maximum absolute atomic E-state index is 13.5. The lowest BCUT2D eigenvalue weighted by atomic mass is 10.1. The van der Waals surface area contributed by atoms with Gasteiger partial charge in [-0.2, -0.15) is 0 Å². The van der Waals surface area contributed by atoms with Crippen molar-refractivity contribution in [1.29, 1.82) is 0 Å². The van der Waals surface area contributed by atoms with Gasteiger partial charge in [-0.15, -0.1) is 0 Å². The van der Waals surface area contributed by atoms with Crippen LogP contribution in [-0.2, 0) is 13.1 Å². The third-order valence-corrected chi connectivity index (χ3v) is 3.69. The summed E-state index contributed by atoms with van der Waals surface area (Å²) in [5, 5.41) is 1.23. The Morgan fingerprint density at radius 2 is 1.90 bits per heavy atom. The second-order valence-electron chi connectivity index (χ2n) is 5.06. The molecule has 0 saturated heterocycles. The Balaban J connectivity index is 2.03. The molecule has 0 unspecified atom stereocenters. The molecule has 3 rings (SSSR count). The van der Waals surface area contributed by atoms with Crippen LogP contribution in [0.3, 0.4) is 0 Å². The molecule has 102 valence electrons. The Morgan fingerprint density at radius 1 is 1.10 bits per heavy atom. The van der Waals surface area contributed by atoms with Crippen LogP contribution in [0, 0.1) is 12.7 Å². The zero-order chi connectivity index (χ0) is 14.1. The maximum Gasteiger partial charge on any atom is 0.127 e. The van der Waals surface area contributed by atoms with Gasteiger partial charge < -0.3 is 10.3 Å². The number of benzene rings is 2. The van der Waals surface area contributed by atoms with Crippen LogP contribution in [0.1, 0.15) is 16.8 Å². The fraction of sp³-hybridized carbons (Fsp3) is 0.176. The lowest BCUT2D eigenvalue weighted by Gasteiger charge is -2.10. The molecule has 1 aromatic heterocycles. The average molecular weight is 268 g/mol. The van der Waals surface area contributed by atoms with Gasteiger partial charge in [0.15, 0.2) is 0 Å². The summed E-state index contributed by atoms with van der Waals surface area (Å²) < 4.78 is 15.7. The van der Waals surface area contributed by atoms with Crippen LogP contribution < -0.4 is 5.73 Å². The van der Waals surface area contributed by atoms with Gasteiger partial charge in [-0.3, -0.25) is 0 Å². The molecule has 0 aliphatic heterocycles. The van der Waals surface area contributed by atoms with Crippen molar-refractivity contribution in [3.05, 3.63) is 71.2 Å². The molecule has 0 aliphatic rings. The maximum atomic E-state index is 13.5. The predicted octanol–water partition coefficient (Wildman–Crippen LogP) is 3.60. The van der Waals surface area contributed by atoms with Crippen LogP contribution in [0.2, 0.25) is 0 Å². The first-order valence-electron chi connectivity index (χ1n) is 6.71. The highest BCUT2D eigenvalue weighted by Crippen LogP contribution is 2.21. The molecule has 0 atom stereocenters. The summed E-state index contributed by atoms with van der Waals surface area (Å²) in [6, 6.07) is 15.6. The quantitative estimate of drug-likeness (QED) is 0.773. The zero-order valence-electron chi connectivity index (χ0n) is 11.4. The standard InChI is InChI=1S/C17H17FN2/c1-12-8-14-4-2-3-5-17(14)20(12)11-13-6-7-16(18)15(9-13)10-19/h2-9H,10-11,19H2,1H3. The van der Waals surface area contributed by atoms with Gasteiger partial charge in [-0.25, -0.2) is 4.39 Å². The van der Waals surface area contributed by atoms with E-state index in [2.05, 4.69) is 29.7 Å². The minimum atomic E-state index is -0.231. The SMILES string of the molecule is Cc1cc2ccccc2n1Cc1ccc(F)c(CN)c1. The van der Waals surface area contributed by atoms with E-state index in [0.717, 1.165) is 12.1 Å². The molecule has 0 amide bonds. The summed E-state index contributed by atoms with van der Waals surface area (Å²) in [5.41, 5.74) is 9.60. The summed E-state index contributed by atoms with van der Waals surface area (Å²) in [4.78, 5) is 0. The number of halogens is 1. The summed E-state index contributed by atoms with van der Waals surface area (Å²) in [7, 11) is 0. The Labute approximate surface area is 117 Å². The average Bonchev–Trinajstić information content (AvgIpc) is 2.77. The highest BCUT2D eigenvalue weighted by atomic mass is 19.1. The third kappa shape index (κ3) is 2.21. The van der Waals surface area contributed by atoms with E-state index in [9.17, 15) is 4.39 Å². The van der Waals surface area contributed by atoms with Crippen LogP contribution in [0.4, 0.5) is 4.39 Å². The smallest absolute Gasteiger partial charge is 0.127 e. The van der Waals surface area contributed by atoms with E-state index in [1.807, 2.05) is 24.3 Å². The number of nitrogens with zero attached hydrogens (tertiary/aromatic N) is 1. The minimum Gasteiger partial charge on any atom is -0.340 e. The molecule has 3 heteroatoms. The largest absolute Gasteiger partial charge is 0.340 e. The molecular weight excluding hydrogens is 251 g/mol. The zero-order valence-corrected chi connectivity index (χ0v) is 11.4. The minimum absolute atomic E-state index is 0.227. The Bertz CT molecular complexity index is 759. The van der Waals surface area contributed by atoms with E-state index in [0.29, 0.717) is 5.56 Å². The Hall–Kier alpha value is -2.13. The highest BCUT2D eigenvalue weighted by molar-refractivity contribution is 5.81. The van der Waals surface area contributed by atoms with Gasteiger partial charge in [-0.05, 0) is 42.1 Å². The van der Waals surface area contributed by atoms with E-state index in [4.69, 9.17) is 5.73 Å². The van der Waals surface area contributed by atoms with Crippen LogP contribution in [0.25, 0.3) is 10.9 Å². The van der Waals surface area contributed by atoms with E-state index >= 15 is 0 Å². The molecule has 0 bridgehead atoms. The fourth-order valence-corrected chi connectivity index (χ4v) is 2.62. The second-order valence-corrected chi connectivity index (χ2v) is 5.06. The number of para-hydroxylation sites is 1. The highest BCUT2D eigenvalue weighted by Gasteiger charge is 2.07. The molecule has 0 aliphatic carbocycles. The van der Waals surface area contributed by atoms with Crippen LogP contribution >= 0.6 is 0 Å². The first-order valence-corrected chi connectivity index (χ1v) is 6.71. The van der Waals surface area contributed by atoms with Crippen molar-refractivity contribution in [2.24, 2.45) is 5.73 Å². The number of fused-ring (bicyclic) bond motifs is 1. The fourth-order valence-electron chi connectivity index (χ4n) is 2.62. The van der Waals surface area contributed by atoms with Crippen LogP contribution in [0.15, 0.2) is 48.5 Å². The van der Waals surface area contributed by atoms with Crippen molar-refractivity contribution in [3.63, 3.8) is 0 Å². The topological polar surface area (TPSA) is 30.9 Å². The number of rotatable bonds is 3. The molecular formula is C17H17FN2. The summed E-state index contributed by atoms with van der Waals surface area (Å²) >= 11 is 0. The predicted molar refractivity (Wildman–Crippen MR) is 80.1 cm³/mol. The molecule has 20 heavy (non-hydrogen) atoms. The van der Waals surface area contributed by atoms with Crippen LogP contribution in [0.5, 0.6) is 0 Å². The van der Waals surface area contributed by atoms with Gasteiger partial charge in [0.05, 0.1) is 0 Å². The second kappa shape index (κ2) is 5.10. The van der Waals surface area contributed by atoms with Crippen molar-refractivity contribution < 1.29 is 4.39 Å². The molecule has 2 N–H and O–H groups in total. The normalized spacial score (nSPS) is 11.2. The molecule has 3 aromatic rings. The van der Waals surface area contributed by atoms with Gasteiger partial charge in [0, 0.05) is 29.9 Å². The van der Waals surface area contributed by atoms with Crippen molar-refractivity contribution in [3.8, 4) is 0 Å². The third-order valence-electron chi connectivity index (χ3n) is 3.69. The van der Waals surface area contributed by atoms with Crippen molar-refractivity contribution >= 4 is 10.9 Å². The van der Waals surface area contributed by atoms with Gasteiger partial charge in [0.1, 0.15) is 5.82 Å². The van der Waals surface area contributed by atoms with E-state index in [-0.39, 0.29) is 12.4 Å². The molecule has 0 radical (unpaired) electrons. The number of nitrogens with two attached hydrogens (primary N) is 1. The van der Waals surface area contributed by atoms with Crippen molar-refractivity contribution in [2.45, 2.75) is 20.0 Å². The molecule has 1 heterocycles. The van der Waals surface area contributed by atoms with Gasteiger partial charge in [0.25, 0.3) is 0 Å². The Morgan fingerprint density at radius 3 is 2.70 bits per heavy atom. The van der Waals surface area contributed by atoms with E-state index in [1.165, 1.54) is 22.7 Å². The molecule has 2 nitrogen and oxygen atoms in total. The number of hydrogen-bond acceptors (Lipinski definition) is 1. The summed E-state index contributed by atoms with van der Waals surface area (Å²) in [5.74, 6) is -0.231. The molecule has 0 saturated carbocycles. The number of aryl methyl sites for hydroxylation is 1. The molecule has 2 aromatic carbocycles. The van der Waals surface area contributed by atoms with E-state index < -0.39 is 0 Å². The lowest BCUT2D eigenvalue weighted by Crippen LogP contribution is -2.05. The Kier molecular flexibility index (Phi) is 3.28. The first kappa shape index (κ1) is 12.9. The number of aromatic nitrogens is 1. The lowest BCUT2D eigenvalue weighted by molar-refractivity contribution is 0.609. The van der Waals surface area contributed by atoms with Gasteiger partial charge in [-0.1, -0.05) is 24.3 Å². The molecule has 0 fully saturated rings. The number of hydrogen-bond donors (Lipinski definition) is 1.